The lowest BCUT2D eigenvalue weighted by molar-refractivity contribution is -0.308. The van der Waals surface area contributed by atoms with E-state index in [4.69, 9.17) is 9.47 Å². The molecule has 2 saturated heterocycles. The molecule has 3 unspecified atom stereocenters. The van der Waals surface area contributed by atoms with Gasteiger partial charge in [-0.1, -0.05) is 0 Å². The Labute approximate surface area is 72.7 Å². The molecule has 12 heavy (non-hydrogen) atoms. The van der Waals surface area contributed by atoms with Gasteiger partial charge in [-0.2, -0.15) is 0 Å². The SMILES string of the molecule is COC12CCCC(O1)C(O)CC2. The predicted molar refractivity (Wildman–Crippen MR) is 43.7 cm³/mol. The molecule has 0 saturated carbocycles. The molecule has 0 aliphatic carbocycles. The van der Waals surface area contributed by atoms with Gasteiger partial charge in [-0.15, -0.1) is 0 Å². The van der Waals surface area contributed by atoms with Crippen LogP contribution in [0.1, 0.15) is 32.1 Å². The minimum absolute atomic E-state index is 0.0208. The molecule has 2 bridgehead atoms. The number of aliphatic hydroxyl groups excluding tert-OH is 1. The molecule has 2 aliphatic rings. The van der Waals surface area contributed by atoms with Crippen LogP contribution < -0.4 is 0 Å². The molecule has 2 fully saturated rings. The molecule has 2 heterocycles. The summed E-state index contributed by atoms with van der Waals surface area (Å²) >= 11 is 0. The highest BCUT2D eigenvalue weighted by molar-refractivity contribution is 4.88. The van der Waals surface area contributed by atoms with Gasteiger partial charge in [0.05, 0.1) is 12.2 Å². The topological polar surface area (TPSA) is 38.7 Å². The molecule has 2 rings (SSSR count). The van der Waals surface area contributed by atoms with Gasteiger partial charge in [0.2, 0.25) is 0 Å². The highest BCUT2D eigenvalue weighted by atomic mass is 16.7. The fourth-order valence-electron chi connectivity index (χ4n) is 2.23. The van der Waals surface area contributed by atoms with E-state index in [-0.39, 0.29) is 18.0 Å². The van der Waals surface area contributed by atoms with Crippen LogP contribution in [0, 0.1) is 0 Å². The molecule has 3 atom stereocenters. The van der Waals surface area contributed by atoms with Crippen molar-refractivity contribution >= 4 is 0 Å². The van der Waals surface area contributed by atoms with E-state index in [0.717, 1.165) is 32.1 Å². The van der Waals surface area contributed by atoms with Crippen molar-refractivity contribution in [3.05, 3.63) is 0 Å². The molecule has 0 spiro atoms. The van der Waals surface area contributed by atoms with Crippen LogP contribution in [0.25, 0.3) is 0 Å². The van der Waals surface area contributed by atoms with Gasteiger partial charge in [0.15, 0.2) is 5.79 Å². The molecular formula is C9H16O3. The van der Waals surface area contributed by atoms with Crippen molar-refractivity contribution in [3.8, 4) is 0 Å². The summed E-state index contributed by atoms with van der Waals surface area (Å²) in [6.45, 7) is 0. The molecule has 3 heteroatoms. The van der Waals surface area contributed by atoms with Crippen LogP contribution in [-0.2, 0) is 9.47 Å². The van der Waals surface area contributed by atoms with E-state index in [1.807, 2.05) is 0 Å². The van der Waals surface area contributed by atoms with Crippen molar-refractivity contribution in [3.63, 3.8) is 0 Å². The van der Waals surface area contributed by atoms with E-state index in [1.54, 1.807) is 7.11 Å². The molecule has 0 amide bonds. The fraction of sp³-hybridized carbons (Fsp3) is 1.00. The molecule has 70 valence electrons. The number of rotatable bonds is 1. The van der Waals surface area contributed by atoms with E-state index in [2.05, 4.69) is 0 Å². The van der Waals surface area contributed by atoms with Crippen molar-refractivity contribution in [2.75, 3.05) is 7.11 Å². The molecule has 0 radical (unpaired) electrons. The molecule has 0 aromatic rings. The van der Waals surface area contributed by atoms with Crippen LogP contribution in [0.4, 0.5) is 0 Å². The standard InChI is InChI=1S/C9H16O3/c1-11-9-5-2-3-8(12-9)7(10)4-6-9/h7-8,10H,2-6H2,1H3. The zero-order valence-corrected chi connectivity index (χ0v) is 7.45. The number of hydrogen-bond acceptors (Lipinski definition) is 3. The van der Waals surface area contributed by atoms with Crippen molar-refractivity contribution in [2.45, 2.75) is 50.1 Å². The number of ether oxygens (including phenoxy) is 2. The lowest BCUT2D eigenvalue weighted by Gasteiger charge is -2.46. The van der Waals surface area contributed by atoms with Crippen molar-refractivity contribution in [2.24, 2.45) is 0 Å². The normalized spacial score (nSPS) is 47.5. The second-order valence-corrected chi connectivity index (χ2v) is 3.77. The Morgan fingerprint density at radius 1 is 1.42 bits per heavy atom. The first-order valence-electron chi connectivity index (χ1n) is 4.67. The van der Waals surface area contributed by atoms with E-state index in [0.29, 0.717) is 0 Å². The zero-order valence-electron chi connectivity index (χ0n) is 7.45. The highest BCUT2D eigenvalue weighted by Gasteiger charge is 2.44. The second-order valence-electron chi connectivity index (χ2n) is 3.77. The van der Waals surface area contributed by atoms with Gasteiger partial charge in [-0.05, 0) is 19.3 Å². The maximum atomic E-state index is 9.55. The van der Waals surface area contributed by atoms with Gasteiger partial charge >= 0.3 is 0 Å². The van der Waals surface area contributed by atoms with Crippen molar-refractivity contribution in [1.29, 1.82) is 0 Å². The Hall–Kier alpha value is -0.120. The first-order valence-corrected chi connectivity index (χ1v) is 4.67. The quantitative estimate of drug-likeness (QED) is 0.642. The number of aliphatic hydroxyl groups is 1. The summed E-state index contributed by atoms with van der Waals surface area (Å²) in [6.07, 6.45) is 4.47. The summed E-state index contributed by atoms with van der Waals surface area (Å²) < 4.78 is 11.1. The van der Waals surface area contributed by atoms with Gasteiger partial charge in [0.25, 0.3) is 0 Å². The minimum Gasteiger partial charge on any atom is -0.390 e. The molecule has 2 aliphatic heterocycles. The van der Waals surface area contributed by atoms with Gasteiger partial charge in [0.1, 0.15) is 0 Å². The van der Waals surface area contributed by atoms with Gasteiger partial charge < -0.3 is 14.6 Å². The van der Waals surface area contributed by atoms with E-state index >= 15 is 0 Å². The van der Waals surface area contributed by atoms with Crippen LogP contribution >= 0.6 is 0 Å². The number of fused-ring (bicyclic) bond motifs is 2. The monoisotopic (exact) mass is 172 g/mol. The minimum atomic E-state index is -0.359. The van der Waals surface area contributed by atoms with E-state index < -0.39 is 0 Å². The van der Waals surface area contributed by atoms with Crippen molar-refractivity contribution < 1.29 is 14.6 Å². The summed E-state index contributed by atoms with van der Waals surface area (Å²) in [5.41, 5.74) is 0. The molecular weight excluding hydrogens is 156 g/mol. The van der Waals surface area contributed by atoms with Crippen LogP contribution in [0.3, 0.4) is 0 Å². The summed E-state index contributed by atoms with van der Waals surface area (Å²) in [4.78, 5) is 0. The largest absolute Gasteiger partial charge is 0.390 e. The van der Waals surface area contributed by atoms with Crippen LogP contribution in [0.5, 0.6) is 0 Å². The van der Waals surface area contributed by atoms with Crippen LogP contribution in [-0.4, -0.2) is 30.2 Å². The van der Waals surface area contributed by atoms with Gasteiger partial charge in [0, 0.05) is 20.0 Å². The smallest absolute Gasteiger partial charge is 0.168 e. The average Bonchev–Trinajstić information content (AvgIpc) is 2.13. The van der Waals surface area contributed by atoms with Crippen LogP contribution in [0.2, 0.25) is 0 Å². The molecule has 3 nitrogen and oxygen atoms in total. The lowest BCUT2D eigenvalue weighted by atomic mass is 9.87. The maximum absolute atomic E-state index is 9.55. The zero-order chi connectivity index (χ0) is 8.60. The molecule has 0 aromatic heterocycles. The Kier molecular flexibility index (Phi) is 2.10. The number of methoxy groups -OCH3 is 1. The predicted octanol–water partition coefficient (Wildman–Crippen LogP) is 1.05. The Bertz CT molecular complexity index is 171. The third kappa shape index (κ3) is 1.26. The summed E-state index contributed by atoms with van der Waals surface area (Å²) in [7, 11) is 1.69. The van der Waals surface area contributed by atoms with Gasteiger partial charge in [-0.3, -0.25) is 0 Å². The summed E-state index contributed by atoms with van der Waals surface area (Å²) in [5.74, 6) is -0.359. The van der Waals surface area contributed by atoms with Gasteiger partial charge in [-0.25, -0.2) is 0 Å². The third-order valence-corrected chi connectivity index (χ3v) is 3.03. The average molecular weight is 172 g/mol. The fourth-order valence-corrected chi connectivity index (χ4v) is 2.23. The maximum Gasteiger partial charge on any atom is 0.168 e. The second kappa shape index (κ2) is 2.98. The first kappa shape index (κ1) is 8.48. The van der Waals surface area contributed by atoms with Crippen molar-refractivity contribution in [1.82, 2.24) is 0 Å². The molecule has 1 N–H and O–H groups in total. The summed E-state index contributed by atoms with van der Waals surface area (Å²) in [5, 5.41) is 9.55. The Morgan fingerprint density at radius 3 is 3.00 bits per heavy atom. The Balaban J connectivity index is 2.09. The Morgan fingerprint density at radius 2 is 2.25 bits per heavy atom. The van der Waals surface area contributed by atoms with E-state index in [9.17, 15) is 5.11 Å². The molecule has 0 aromatic carbocycles. The first-order chi connectivity index (χ1) is 5.76. The number of hydrogen-bond donors (Lipinski definition) is 1. The summed E-state index contributed by atoms with van der Waals surface area (Å²) in [6, 6.07) is 0. The lowest BCUT2D eigenvalue weighted by Crippen LogP contribution is -2.51. The third-order valence-electron chi connectivity index (χ3n) is 3.03. The van der Waals surface area contributed by atoms with E-state index in [1.165, 1.54) is 0 Å². The van der Waals surface area contributed by atoms with Crippen LogP contribution in [0.15, 0.2) is 0 Å². The highest BCUT2D eigenvalue weighted by Crippen LogP contribution is 2.39.